The Labute approximate surface area is 124 Å². The lowest BCUT2D eigenvalue weighted by Gasteiger charge is -2.08. The molecule has 2 rings (SSSR count). The molecule has 0 radical (unpaired) electrons. The van der Waals surface area contributed by atoms with Gasteiger partial charge >= 0.3 is 5.97 Å². The van der Waals surface area contributed by atoms with Crippen LogP contribution < -0.4 is 5.32 Å². The molecular weight excluding hydrogens is 303 g/mol. The van der Waals surface area contributed by atoms with E-state index in [9.17, 15) is 9.59 Å². The van der Waals surface area contributed by atoms with Gasteiger partial charge in [0.05, 0.1) is 21.2 Å². The van der Waals surface area contributed by atoms with Crippen LogP contribution >= 0.6 is 23.2 Å². The molecular formula is C13H8Cl2N2O3. The maximum absolute atomic E-state index is 12.1. The highest BCUT2D eigenvalue weighted by Gasteiger charge is 2.15. The summed E-state index contributed by atoms with van der Waals surface area (Å²) >= 11 is 11.8. The predicted molar refractivity (Wildman–Crippen MR) is 75.6 cm³/mol. The fraction of sp³-hybridized carbons (Fsp3) is 0. The third kappa shape index (κ3) is 3.07. The molecule has 102 valence electrons. The summed E-state index contributed by atoms with van der Waals surface area (Å²) in [6.45, 7) is 0. The first-order chi connectivity index (χ1) is 9.49. The van der Waals surface area contributed by atoms with Crippen LogP contribution in [-0.4, -0.2) is 22.0 Å². The third-order valence-corrected chi connectivity index (χ3v) is 3.07. The van der Waals surface area contributed by atoms with Gasteiger partial charge in [0.15, 0.2) is 0 Å². The number of benzene rings is 1. The van der Waals surface area contributed by atoms with Crippen molar-refractivity contribution in [3.8, 4) is 0 Å². The van der Waals surface area contributed by atoms with E-state index in [1.807, 2.05) is 0 Å². The summed E-state index contributed by atoms with van der Waals surface area (Å²) in [4.78, 5) is 26.8. The van der Waals surface area contributed by atoms with Crippen molar-refractivity contribution in [2.45, 2.75) is 0 Å². The summed E-state index contributed by atoms with van der Waals surface area (Å²) in [7, 11) is 0. The van der Waals surface area contributed by atoms with E-state index < -0.39 is 11.9 Å². The van der Waals surface area contributed by atoms with Gasteiger partial charge in [0, 0.05) is 6.20 Å². The number of aromatic nitrogens is 1. The Balaban J connectivity index is 2.28. The minimum absolute atomic E-state index is 0.0144. The van der Waals surface area contributed by atoms with Gasteiger partial charge in [-0.1, -0.05) is 29.3 Å². The summed E-state index contributed by atoms with van der Waals surface area (Å²) in [5, 5.41) is 11.7. The van der Waals surface area contributed by atoms with Gasteiger partial charge in [-0.3, -0.25) is 4.79 Å². The first-order valence-electron chi connectivity index (χ1n) is 5.44. The number of carboxylic acids is 1. The molecule has 0 aliphatic heterocycles. The van der Waals surface area contributed by atoms with Gasteiger partial charge in [0.25, 0.3) is 5.91 Å². The van der Waals surface area contributed by atoms with Crippen molar-refractivity contribution < 1.29 is 14.7 Å². The van der Waals surface area contributed by atoms with Crippen molar-refractivity contribution in [3.63, 3.8) is 0 Å². The molecule has 0 spiro atoms. The summed E-state index contributed by atoms with van der Waals surface area (Å²) < 4.78 is 0. The van der Waals surface area contributed by atoms with Gasteiger partial charge in [0.1, 0.15) is 5.82 Å². The third-order valence-electron chi connectivity index (χ3n) is 2.44. The van der Waals surface area contributed by atoms with Crippen LogP contribution in [0.25, 0.3) is 0 Å². The number of pyridine rings is 1. The maximum Gasteiger partial charge on any atom is 0.335 e. The van der Waals surface area contributed by atoms with Gasteiger partial charge in [-0.05, 0) is 24.3 Å². The molecule has 7 heteroatoms. The van der Waals surface area contributed by atoms with Crippen molar-refractivity contribution in [2.75, 3.05) is 5.32 Å². The molecule has 1 heterocycles. The average Bonchev–Trinajstić information content (AvgIpc) is 2.38. The number of hydrogen-bond donors (Lipinski definition) is 2. The normalized spacial score (nSPS) is 10.1. The highest BCUT2D eigenvalue weighted by atomic mass is 35.5. The van der Waals surface area contributed by atoms with Crippen LogP contribution in [0.15, 0.2) is 36.5 Å². The minimum Gasteiger partial charge on any atom is -0.478 e. The molecule has 1 amide bonds. The van der Waals surface area contributed by atoms with Crippen LogP contribution in [0, 0.1) is 0 Å². The zero-order valence-electron chi connectivity index (χ0n) is 9.93. The molecule has 1 aromatic heterocycles. The van der Waals surface area contributed by atoms with Gasteiger partial charge < -0.3 is 10.4 Å². The van der Waals surface area contributed by atoms with Crippen molar-refractivity contribution >= 4 is 40.9 Å². The average molecular weight is 311 g/mol. The molecule has 0 atom stereocenters. The number of nitrogens with one attached hydrogen (secondary N) is 1. The monoisotopic (exact) mass is 310 g/mol. The zero-order chi connectivity index (χ0) is 14.7. The van der Waals surface area contributed by atoms with Crippen molar-refractivity contribution in [2.24, 2.45) is 0 Å². The van der Waals surface area contributed by atoms with Crippen LogP contribution in [0.2, 0.25) is 10.0 Å². The Kier molecular flexibility index (Phi) is 4.22. The second kappa shape index (κ2) is 5.90. The molecule has 0 unspecified atom stereocenters. The number of amides is 1. The van der Waals surface area contributed by atoms with E-state index in [1.54, 1.807) is 6.07 Å². The molecule has 0 aliphatic carbocycles. The number of carbonyl (C=O) groups excluding carboxylic acids is 1. The Morgan fingerprint density at radius 2 is 1.80 bits per heavy atom. The number of halogens is 2. The summed E-state index contributed by atoms with van der Waals surface area (Å²) in [5.41, 5.74) is 0.124. The van der Waals surface area contributed by atoms with E-state index in [2.05, 4.69) is 10.3 Å². The molecule has 1 aromatic carbocycles. The van der Waals surface area contributed by atoms with Crippen LogP contribution in [0.5, 0.6) is 0 Å². The summed E-state index contributed by atoms with van der Waals surface area (Å²) in [5.74, 6) is -1.57. The quantitative estimate of drug-likeness (QED) is 0.911. The Morgan fingerprint density at radius 3 is 2.40 bits per heavy atom. The number of carbonyl (C=O) groups is 2. The molecule has 0 saturated heterocycles. The number of rotatable bonds is 3. The molecule has 20 heavy (non-hydrogen) atoms. The second-order valence-corrected chi connectivity index (χ2v) is 4.60. The Hall–Kier alpha value is -2.11. The van der Waals surface area contributed by atoms with E-state index in [-0.39, 0.29) is 27.0 Å². The summed E-state index contributed by atoms with van der Waals surface area (Å²) in [6.07, 6.45) is 1.28. The van der Waals surface area contributed by atoms with Crippen LogP contribution in [0.4, 0.5) is 5.82 Å². The molecule has 0 aliphatic rings. The highest BCUT2D eigenvalue weighted by Crippen LogP contribution is 2.25. The maximum atomic E-state index is 12.1. The van der Waals surface area contributed by atoms with E-state index >= 15 is 0 Å². The molecule has 0 fully saturated rings. The number of hydrogen-bond acceptors (Lipinski definition) is 3. The first kappa shape index (κ1) is 14.3. The lowest BCUT2D eigenvalue weighted by Crippen LogP contribution is -2.14. The standard InChI is InChI=1S/C13H8Cl2N2O3/c14-8-2-1-3-9(15)11(8)12(18)17-10-6-7(13(19)20)4-5-16-10/h1-6H,(H,19,20)(H,16,17,18). The number of nitrogens with zero attached hydrogens (tertiary/aromatic N) is 1. The fourth-order valence-corrected chi connectivity index (χ4v) is 2.09. The van der Waals surface area contributed by atoms with Crippen LogP contribution in [-0.2, 0) is 0 Å². The van der Waals surface area contributed by atoms with Crippen molar-refractivity contribution in [1.82, 2.24) is 4.98 Å². The SMILES string of the molecule is O=C(O)c1ccnc(NC(=O)c2c(Cl)cccc2Cl)c1. The summed E-state index contributed by atoms with van der Waals surface area (Å²) in [6, 6.07) is 7.24. The highest BCUT2D eigenvalue weighted by molar-refractivity contribution is 6.40. The van der Waals surface area contributed by atoms with E-state index in [4.69, 9.17) is 28.3 Å². The number of carboxylic acid groups (broad SMARTS) is 1. The smallest absolute Gasteiger partial charge is 0.335 e. The lowest BCUT2D eigenvalue weighted by molar-refractivity contribution is 0.0696. The van der Waals surface area contributed by atoms with Crippen molar-refractivity contribution in [3.05, 3.63) is 57.7 Å². The lowest BCUT2D eigenvalue weighted by atomic mass is 10.2. The van der Waals surface area contributed by atoms with E-state index in [0.29, 0.717) is 0 Å². The van der Waals surface area contributed by atoms with Crippen LogP contribution in [0.1, 0.15) is 20.7 Å². The van der Waals surface area contributed by atoms with E-state index in [1.165, 1.54) is 30.5 Å². The molecule has 2 N–H and O–H groups in total. The Bertz CT molecular complexity index is 669. The molecule has 5 nitrogen and oxygen atoms in total. The van der Waals surface area contributed by atoms with Gasteiger partial charge in [-0.15, -0.1) is 0 Å². The predicted octanol–water partition coefficient (Wildman–Crippen LogP) is 3.34. The van der Waals surface area contributed by atoms with Gasteiger partial charge in [0.2, 0.25) is 0 Å². The zero-order valence-corrected chi connectivity index (χ0v) is 11.4. The van der Waals surface area contributed by atoms with Gasteiger partial charge in [-0.25, -0.2) is 9.78 Å². The number of aromatic carboxylic acids is 1. The van der Waals surface area contributed by atoms with E-state index in [0.717, 1.165) is 0 Å². The topological polar surface area (TPSA) is 79.3 Å². The largest absolute Gasteiger partial charge is 0.478 e. The minimum atomic E-state index is -1.11. The van der Waals surface area contributed by atoms with Crippen molar-refractivity contribution in [1.29, 1.82) is 0 Å². The molecule has 2 aromatic rings. The second-order valence-electron chi connectivity index (χ2n) is 3.79. The number of anilines is 1. The molecule has 0 bridgehead atoms. The first-order valence-corrected chi connectivity index (χ1v) is 6.19. The van der Waals surface area contributed by atoms with Crippen LogP contribution in [0.3, 0.4) is 0 Å². The van der Waals surface area contributed by atoms with Gasteiger partial charge in [-0.2, -0.15) is 0 Å². The Morgan fingerprint density at radius 1 is 1.15 bits per heavy atom. The molecule has 0 saturated carbocycles. The fourth-order valence-electron chi connectivity index (χ4n) is 1.53.